The molecule has 24 heavy (non-hydrogen) atoms. The molecule has 2 rings (SSSR count). The number of sulfonamides is 1. The quantitative estimate of drug-likeness (QED) is 0.754. The van der Waals surface area contributed by atoms with E-state index in [9.17, 15) is 21.6 Å². The van der Waals surface area contributed by atoms with Gasteiger partial charge in [0.1, 0.15) is 0 Å². The van der Waals surface area contributed by atoms with Crippen molar-refractivity contribution in [3.8, 4) is 0 Å². The van der Waals surface area contributed by atoms with E-state index in [1.54, 1.807) is 53.3 Å². The minimum absolute atomic E-state index is 0.340. The molecule has 9 heteroatoms. The summed E-state index contributed by atoms with van der Waals surface area (Å²) in [4.78, 5) is 2.37. The molecule has 130 valence electrons. The van der Waals surface area contributed by atoms with Gasteiger partial charge in [0.2, 0.25) is 0 Å². The summed E-state index contributed by atoms with van der Waals surface area (Å²) < 4.78 is 63.2. The fourth-order valence-electron chi connectivity index (χ4n) is 2.20. The number of hydrogen-bond acceptors (Lipinski definition) is 3. The van der Waals surface area contributed by atoms with E-state index >= 15 is 0 Å². The molecule has 2 N–H and O–H groups in total. The number of rotatable bonds is 6. The van der Waals surface area contributed by atoms with E-state index < -0.39 is 27.6 Å². The highest BCUT2D eigenvalue weighted by molar-refractivity contribution is 7.90. The summed E-state index contributed by atoms with van der Waals surface area (Å²) in [5.74, 6) is 0. The molecule has 2 atom stereocenters. The van der Waals surface area contributed by atoms with Crippen molar-refractivity contribution in [2.75, 3.05) is 0 Å². The van der Waals surface area contributed by atoms with Crippen molar-refractivity contribution >= 4 is 21.8 Å². The van der Waals surface area contributed by atoms with Crippen molar-refractivity contribution in [3.05, 3.63) is 71.8 Å². The van der Waals surface area contributed by atoms with Crippen molar-refractivity contribution in [1.29, 1.82) is 0 Å². The lowest BCUT2D eigenvalue weighted by Gasteiger charge is -2.28. The standard InChI is InChI=1S/C15H14ClF3N2O2S/c16-20-13(11-7-3-1-4-8-11)14(12-9-5-2-6-10-12)21-24(22,23)15(17,18)19/h1-10,13-14,20-21H/t13-,14-/m1/s1. The smallest absolute Gasteiger partial charge is 0.224 e. The van der Waals surface area contributed by atoms with Crippen LogP contribution < -0.4 is 9.56 Å². The Balaban J connectivity index is 2.48. The van der Waals surface area contributed by atoms with Gasteiger partial charge in [-0.15, -0.1) is 0 Å². The van der Waals surface area contributed by atoms with Gasteiger partial charge in [0.05, 0.1) is 12.1 Å². The molecule has 0 saturated heterocycles. The lowest BCUT2D eigenvalue weighted by atomic mass is 9.95. The predicted octanol–water partition coefficient (Wildman–Crippen LogP) is 3.65. The number of benzene rings is 2. The average Bonchev–Trinajstić information content (AvgIpc) is 2.55. The Labute approximate surface area is 142 Å². The molecular formula is C15H14ClF3N2O2S. The van der Waals surface area contributed by atoms with Crippen LogP contribution in [0.1, 0.15) is 23.2 Å². The normalized spacial score (nSPS) is 15.0. The van der Waals surface area contributed by atoms with Gasteiger partial charge in [-0.3, -0.25) is 0 Å². The Bertz CT molecular complexity index is 755. The molecule has 2 aromatic carbocycles. The maximum Gasteiger partial charge on any atom is 0.511 e. The van der Waals surface area contributed by atoms with Gasteiger partial charge in [0.25, 0.3) is 0 Å². The van der Waals surface area contributed by atoms with Gasteiger partial charge >= 0.3 is 15.5 Å². The fraction of sp³-hybridized carbons (Fsp3) is 0.200. The summed E-state index contributed by atoms with van der Waals surface area (Å²) in [5.41, 5.74) is -4.55. The van der Waals surface area contributed by atoms with Crippen molar-refractivity contribution in [1.82, 2.24) is 9.56 Å². The third kappa shape index (κ3) is 4.27. The van der Waals surface area contributed by atoms with Crippen LogP contribution in [0.25, 0.3) is 0 Å². The molecule has 0 aliphatic carbocycles. The van der Waals surface area contributed by atoms with Crippen LogP contribution in [0.4, 0.5) is 13.2 Å². The van der Waals surface area contributed by atoms with E-state index in [-0.39, 0.29) is 0 Å². The lowest BCUT2D eigenvalue weighted by Crippen LogP contribution is -2.42. The van der Waals surface area contributed by atoms with Crippen LogP contribution in [-0.2, 0) is 10.0 Å². The Morgan fingerprint density at radius 2 is 1.25 bits per heavy atom. The fourth-order valence-corrected chi connectivity index (χ4v) is 3.19. The molecular weight excluding hydrogens is 365 g/mol. The highest BCUT2D eigenvalue weighted by Gasteiger charge is 2.48. The van der Waals surface area contributed by atoms with Crippen molar-refractivity contribution in [3.63, 3.8) is 0 Å². The van der Waals surface area contributed by atoms with Gasteiger partial charge in [-0.1, -0.05) is 60.7 Å². The molecule has 0 fully saturated rings. The SMILES string of the molecule is O=S(=O)(N[C@H](c1ccccc1)[C@H](NCl)c1ccccc1)C(F)(F)F. The summed E-state index contributed by atoms with van der Waals surface area (Å²) in [6, 6.07) is 14.1. The maximum absolute atomic E-state index is 12.8. The Hall–Kier alpha value is -1.61. The van der Waals surface area contributed by atoms with E-state index in [2.05, 4.69) is 4.84 Å². The number of hydrogen-bond donors (Lipinski definition) is 2. The van der Waals surface area contributed by atoms with Gasteiger partial charge < -0.3 is 0 Å². The van der Waals surface area contributed by atoms with Crippen LogP contribution in [0.5, 0.6) is 0 Å². The van der Waals surface area contributed by atoms with E-state index in [0.29, 0.717) is 11.1 Å². The molecule has 0 saturated carbocycles. The molecule has 0 bridgehead atoms. The first-order chi connectivity index (χ1) is 11.3. The van der Waals surface area contributed by atoms with Crippen molar-refractivity contribution in [2.45, 2.75) is 17.6 Å². The Morgan fingerprint density at radius 1 is 0.833 bits per heavy atom. The summed E-state index contributed by atoms with van der Waals surface area (Å²) in [5, 5.41) is 0. The molecule has 0 aliphatic heterocycles. The van der Waals surface area contributed by atoms with Gasteiger partial charge in [-0.2, -0.15) is 17.9 Å². The van der Waals surface area contributed by atoms with Crippen LogP contribution in [0.2, 0.25) is 0 Å². The summed E-state index contributed by atoms with van der Waals surface area (Å²) in [7, 11) is -5.56. The summed E-state index contributed by atoms with van der Waals surface area (Å²) >= 11 is 5.72. The van der Waals surface area contributed by atoms with Crippen molar-refractivity contribution in [2.24, 2.45) is 0 Å². The largest absolute Gasteiger partial charge is 0.511 e. The molecule has 4 nitrogen and oxygen atoms in total. The molecule has 0 spiro atoms. The highest BCUT2D eigenvalue weighted by atomic mass is 35.5. The average molecular weight is 379 g/mol. The maximum atomic E-state index is 12.8. The molecule has 0 unspecified atom stereocenters. The van der Waals surface area contributed by atoms with Crippen LogP contribution in [-0.4, -0.2) is 13.9 Å². The first-order valence-electron chi connectivity index (χ1n) is 6.81. The Morgan fingerprint density at radius 3 is 1.62 bits per heavy atom. The van der Waals surface area contributed by atoms with Crippen LogP contribution in [0.3, 0.4) is 0 Å². The van der Waals surface area contributed by atoms with E-state index in [1.807, 2.05) is 0 Å². The van der Waals surface area contributed by atoms with E-state index in [1.165, 1.54) is 12.1 Å². The second-order valence-corrected chi connectivity index (χ2v) is 6.88. The van der Waals surface area contributed by atoms with Crippen LogP contribution in [0.15, 0.2) is 60.7 Å². The minimum atomic E-state index is -5.56. The third-order valence-corrected chi connectivity index (χ3v) is 4.76. The van der Waals surface area contributed by atoms with E-state index in [0.717, 1.165) is 0 Å². The van der Waals surface area contributed by atoms with Gasteiger partial charge in [-0.05, 0) is 22.9 Å². The summed E-state index contributed by atoms with van der Waals surface area (Å²) in [6.45, 7) is 0. The monoisotopic (exact) mass is 378 g/mol. The highest BCUT2D eigenvalue weighted by Crippen LogP contribution is 2.33. The molecule has 0 amide bonds. The van der Waals surface area contributed by atoms with Gasteiger partial charge in [-0.25, -0.2) is 13.3 Å². The third-order valence-electron chi connectivity index (χ3n) is 3.36. The molecule has 0 aromatic heterocycles. The van der Waals surface area contributed by atoms with Crippen molar-refractivity contribution < 1.29 is 21.6 Å². The Kier molecular flexibility index (Phi) is 5.87. The molecule has 0 aliphatic rings. The molecule has 0 radical (unpaired) electrons. The van der Waals surface area contributed by atoms with E-state index in [4.69, 9.17) is 11.8 Å². The van der Waals surface area contributed by atoms with Crippen LogP contribution >= 0.6 is 11.8 Å². The van der Waals surface area contributed by atoms with Gasteiger partial charge in [0, 0.05) is 0 Å². The topological polar surface area (TPSA) is 58.2 Å². The molecule has 0 heterocycles. The number of alkyl halides is 3. The van der Waals surface area contributed by atoms with Crippen LogP contribution in [0, 0.1) is 0 Å². The zero-order chi connectivity index (χ0) is 17.8. The predicted molar refractivity (Wildman–Crippen MR) is 85.5 cm³/mol. The number of halogens is 4. The minimum Gasteiger partial charge on any atom is -0.224 e. The summed E-state index contributed by atoms with van der Waals surface area (Å²) in [6.07, 6.45) is 0. The zero-order valence-corrected chi connectivity index (χ0v) is 13.7. The molecule has 2 aromatic rings. The first kappa shape index (κ1) is 18.7. The first-order valence-corrected chi connectivity index (χ1v) is 8.67. The second-order valence-electron chi connectivity index (χ2n) is 4.95. The second kappa shape index (κ2) is 7.52. The number of nitrogens with one attached hydrogen (secondary N) is 2. The lowest BCUT2D eigenvalue weighted by molar-refractivity contribution is -0.0452. The van der Waals surface area contributed by atoms with Gasteiger partial charge in [0.15, 0.2) is 0 Å². The zero-order valence-electron chi connectivity index (χ0n) is 12.2.